The van der Waals surface area contributed by atoms with Crippen LogP contribution >= 0.6 is 0 Å². The molecule has 3 N–H and O–H groups in total. The number of urea groups is 1. The third kappa shape index (κ3) is 11.0. The molecule has 0 bridgehead atoms. The lowest BCUT2D eigenvalue weighted by molar-refractivity contribution is -0.138. The molecule has 0 aliphatic carbocycles. The molecule has 27 heavy (non-hydrogen) atoms. The van der Waals surface area contributed by atoms with Gasteiger partial charge in [0.1, 0.15) is 0 Å². The summed E-state index contributed by atoms with van der Waals surface area (Å²) in [6.45, 7) is 8.70. The van der Waals surface area contributed by atoms with Crippen molar-refractivity contribution < 1.29 is 19.6 Å². The average molecular weight is 386 g/mol. The number of carbonyl (C=O) groups is 3. The molecule has 0 aromatic heterocycles. The van der Waals surface area contributed by atoms with Crippen LogP contribution in [-0.4, -0.2) is 41.0 Å². The summed E-state index contributed by atoms with van der Waals surface area (Å²) in [5, 5.41) is 11.5. The number of hydrogen-bond donors (Lipinski definition) is 3. The minimum atomic E-state index is -0.573. The first-order valence-electron chi connectivity index (χ1n) is 10.3. The van der Waals surface area contributed by atoms with E-state index in [0.717, 1.165) is 51.4 Å². The summed E-state index contributed by atoms with van der Waals surface area (Å²) >= 11 is 0. The number of imide groups is 1. The lowest BCUT2D eigenvalue weighted by atomic mass is 9.86. The number of carbonyl (C=O) groups excluding carboxylic acids is 3. The number of nitrogens with one attached hydrogen (secondary N) is 2. The number of nitrogens with zero attached hydrogens (tertiary/aromatic N) is 1. The standard InChI is InChI=1S/C20H39N3O4/c1-5-7-15-21-19(26)23(16-6-2)17(24)13-11-9-8-10-12-14-20(3,4)18(25)22-27/h27H,5-16H2,1-4H3,(H,21,26)(H,22,25). The lowest BCUT2D eigenvalue weighted by Gasteiger charge is -2.21. The van der Waals surface area contributed by atoms with Gasteiger partial charge in [0, 0.05) is 24.9 Å². The van der Waals surface area contributed by atoms with E-state index in [1.54, 1.807) is 5.48 Å². The molecule has 0 atom stereocenters. The topological polar surface area (TPSA) is 98.7 Å². The van der Waals surface area contributed by atoms with Gasteiger partial charge in [-0.25, -0.2) is 10.3 Å². The summed E-state index contributed by atoms with van der Waals surface area (Å²) in [6, 6.07) is -0.278. The van der Waals surface area contributed by atoms with Gasteiger partial charge in [-0.05, 0) is 25.7 Å². The highest BCUT2D eigenvalue weighted by Crippen LogP contribution is 2.24. The second-order valence-corrected chi connectivity index (χ2v) is 7.72. The number of hydroxylamine groups is 1. The molecule has 0 aromatic rings. The van der Waals surface area contributed by atoms with E-state index in [4.69, 9.17) is 5.21 Å². The van der Waals surface area contributed by atoms with Crippen LogP contribution < -0.4 is 10.8 Å². The van der Waals surface area contributed by atoms with Gasteiger partial charge in [-0.1, -0.05) is 59.8 Å². The maximum absolute atomic E-state index is 12.3. The molecule has 158 valence electrons. The second-order valence-electron chi connectivity index (χ2n) is 7.72. The first kappa shape index (κ1) is 25.4. The zero-order valence-electron chi connectivity index (χ0n) is 17.6. The van der Waals surface area contributed by atoms with Crippen molar-refractivity contribution >= 4 is 17.8 Å². The molecular formula is C20H39N3O4. The molecule has 0 radical (unpaired) electrons. The predicted molar refractivity (Wildman–Crippen MR) is 106 cm³/mol. The molecule has 7 nitrogen and oxygen atoms in total. The molecule has 0 unspecified atom stereocenters. The Balaban J connectivity index is 4.04. The Morgan fingerprint density at radius 1 is 0.926 bits per heavy atom. The van der Waals surface area contributed by atoms with E-state index in [9.17, 15) is 14.4 Å². The quantitative estimate of drug-likeness (QED) is 0.239. The van der Waals surface area contributed by atoms with E-state index >= 15 is 0 Å². The summed E-state index contributed by atoms with van der Waals surface area (Å²) in [5.41, 5.74) is 1.14. The van der Waals surface area contributed by atoms with Crippen LogP contribution in [0.15, 0.2) is 0 Å². The van der Waals surface area contributed by atoms with Gasteiger partial charge in [-0.15, -0.1) is 0 Å². The first-order valence-corrected chi connectivity index (χ1v) is 10.3. The van der Waals surface area contributed by atoms with Crippen molar-refractivity contribution in [2.45, 2.75) is 91.9 Å². The largest absolute Gasteiger partial charge is 0.338 e. The minimum Gasteiger partial charge on any atom is -0.338 e. The van der Waals surface area contributed by atoms with E-state index in [-0.39, 0.29) is 17.8 Å². The molecule has 0 saturated carbocycles. The number of hydrogen-bond acceptors (Lipinski definition) is 4. The second kappa shape index (κ2) is 14.4. The Hall–Kier alpha value is -1.63. The summed E-state index contributed by atoms with van der Waals surface area (Å²) in [5.74, 6) is -0.465. The fourth-order valence-electron chi connectivity index (χ4n) is 2.80. The van der Waals surface area contributed by atoms with E-state index in [0.29, 0.717) is 25.9 Å². The van der Waals surface area contributed by atoms with Crippen molar-refractivity contribution in [1.29, 1.82) is 0 Å². The molecule has 0 saturated heterocycles. The van der Waals surface area contributed by atoms with Crippen molar-refractivity contribution in [3.05, 3.63) is 0 Å². The normalized spacial score (nSPS) is 11.1. The number of unbranched alkanes of at least 4 members (excludes halogenated alkanes) is 5. The zero-order valence-corrected chi connectivity index (χ0v) is 17.6. The highest BCUT2D eigenvalue weighted by molar-refractivity contribution is 5.94. The van der Waals surface area contributed by atoms with Crippen LogP contribution in [-0.2, 0) is 9.59 Å². The molecule has 4 amide bonds. The van der Waals surface area contributed by atoms with Crippen LogP contribution in [0.4, 0.5) is 4.79 Å². The van der Waals surface area contributed by atoms with Crippen LogP contribution in [0.2, 0.25) is 0 Å². The van der Waals surface area contributed by atoms with Crippen molar-refractivity contribution in [3.8, 4) is 0 Å². The van der Waals surface area contributed by atoms with E-state index in [1.807, 2.05) is 20.8 Å². The average Bonchev–Trinajstić information content (AvgIpc) is 2.64. The minimum absolute atomic E-state index is 0.105. The Morgan fingerprint density at radius 3 is 2.15 bits per heavy atom. The molecule has 0 spiro atoms. The summed E-state index contributed by atoms with van der Waals surface area (Å²) in [4.78, 5) is 37.3. The van der Waals surface area contributed by atoms with E-state index in [2.05, 4.69) is 12.2 Å². The summed E-state index contributed by atoms with van der Waals surface area (Å²) < 4.78 is 0. The Morgan fingerprint density at radius 2 is 1.56 bits per heavy atom. The van der Waals surface area contributed by atoms with E-state index < -0.39 is 5.41 Å². The fourth-order valence-corrected chi connectivity index (χ4v) is 2.80. The van der Waals surface area contributed by atoms with E-state index in [1.165, 1.54) is 4.90 Å². The smallest absolute Gasteiger partial charge is 0.324 e. The van der Waals surface area contributed by atoms with Crippen LogP contribution in [0.5, 0.6) is 0 Å². The van der Waals surface area contributed by atoms with Crippen LogP contribution in [0, 0.1) is 5.41 Å². The monoisotopic (exact) mass is 385 g/mol. The van der Waals surface area contributed by atoms with Gasteiger partial charge in [0.25, 0.3) is 0 Å². The maximum Gasteiger partial charge on any atom is 0.324 e. The Bertz CT molecular complexity index is 453. The van der Waals surface area contributed by atoms with Gasteiger partial charge in [-0.2, -0.15) is 0 Å². The lowest BCUT2D eigenvalue weighted by Crippen LogP contribution is -2.44. The van der Waals surface area contributed by atoms with Gasteiger partial charge in [-0.3, -0.25) is 19.7 Å². The maximum atomic E-state index is 12.3. The summed E-state index contributed by atoms with van der Waals surface area (Å²) in [7, 11) is 0. The zero-order chi connectivity index (χ0) is 20.7. The van der Waals surface area contributed by atoms with Crippen LogP contribution in [0.3, 0.4) is 0 Å². The number of amides is 4. The van der Waals surface area contributed by atoms with Crippen LogP contribution in [0.25, 0.3) is 0 Å². The molecule has 0 aliphatic rings. The third-order valence-electron chi connectivity index (χ3n) is 4.71. The Kier molecular flexibility index (Phi) is 13.6. The molecule has 0 rings (SSSR count). The van der Waals surface area contributed by atoms with Gasteiger partial charge in [0.2, 0.25) is 11.8 Å². The van der Waals surface area contributed by atoms with Crippen molar-refractivity contribution in [2.75, 3.05) is 13.1 Å². The van der Waals surface area contributed by atoms with Gasteiger partial charge in [0.15, 0.2) is 0 Å². The van der Waals surface area contributed by atoms with Gasteiger partial charge < -0.3 is 5.32 Å². The summed E-state index contributed by atoms with van der Waals surface area (Å²) in [6.07, 6.45) is 8.33. The molecule has 0 aromatic carbocycles. The van der Waals surface area contributed by atoms with Crippen molar-refractivity contribution in [3.63, 3.8) is 0 Å². The van der Waals surface area contributed by atoms with Gasteiger partial charge in [0.05, 0.1) is 0 Å². The number of rotatable bonds is 14. The first-order chi connectivity index (χ1) is 12.8. The highest BCUT2D eigenvalue weighted by Gasteiger charge is 2.26. The molecule has 0 heterocycles. The highest BCUT2D eigenvalue weighted by atomic mass is 16.5. The van der Waals surface area contributed by atoms with Crippen LogP contribution in [0.1, 0.15) is 91.9 Å². The molecular weight excluding hydrogens is 346 g/mol. The predicted octanol–water partition coefficient (Wildman–Crippen LogP) is 4.00. The Labute approximate surface area is 164 Å². The van der Waals surface area contributed by atoms with Crippen molar-refractivity contribution in [1.82, 2.24) is 15.7 Å². The molecule has 0 aliphatic heterocycles. The molecule has 7 heteroatoms. The third-order valence-corrected chi connectivity index (χ3v) is 4.71. The van der Waals surface area contributed by atoms with Crippen molar-refractivity contribution in [2.24, 2.45) is 5.41 Å². The molecule has 0 fully saturated rings. The van der Waals surface area contributed by atoms with Gasteiger partial charge >= 0.3 is 6.03 Å². The SMILES string of the molecule is CCCCNC(=O)N(CCC)C(=O)CCCCCCCC(C)(C)C(=O)NO. The fraction of sp³-hybridized carbons (Fsp3) is 0.850.